The van der Waals surface area contributed by atoms with E-state index in [1.165, 1.54) is 15.9 Å². The van der Waals surface area contributed by atoms with E-state index in [0.29, 0.717) is 16.6 Å². The molecular weight excluding hydrogens is 308 g/mol. The fraction of sp³-hybridized carbons (Fsp3) is 0.615. The molecule has 0 aliphatic carbocycles. The number of anilines is 1. The van der Waals surface area contributed by atoms with Gasteiger partial charge in [-0.3, -0.25) is 4.79 Å². The highest BCUT2D eigenvalue weighted by molar-refractivity contribution is 7.99. The second kappa shape index (κ2) is 5.94. The van der Waals surface area contributed by atoms with Crippen molar-refractivity contribution in [1.82, 2.24) is 14.6 Å². The first-order chi connectivity index (χ1) is 10.1. The quantitative estimate of drug-likeness (QED) is 0.864. The van der Waals surface area contributed by atoms with Gasteiger partial charge in [0.1, 0.15) is 0 Å². The maximum atomic E-state index is 12.0. The molecule has 0 saturated carbocycles. The molecule has 0 aromatic carbocycles. The zero-order valence-electron chi connectivity index (χ0n) is 11.8. The lowest BCUT2D eigenvalue weighted by atomic mass is 10.0. The Balaban J connectivity index is 1.80. The predicted octanol–water partition coefficient (Wildman–Crippen LogP) is 1.38. The first kappa shape index (κ1) is 14.8. The summed E-state index contributed by atoms with van der Waals surface area (Å²) in [5.41, 5.74) is -0.0136. The molecule has 3 rings (SSSR count). The van der Waals surface area contributed by atoms with Crippen molar-refractivity contribution in [3.63, 3.8) is 0 Å². The molecule has 1 atom stereocenters. The van der Waals surface area contributed by atoms with Crippen molar-refractivity contribution >= 4 is 33.2 Å². The van der Waals surface area contributed by atoms with E-state index in [4.69, 9.17) is 0 Å². The van der Waals surface area contributed by atoms with Crippen LogP contribution in [0.3, 0.4) is 0 Å². The maximum Gasteiger partial charge on any atom is 0.275 e. The highest BCUT2D eigenvalue weighted by atomic mass is 32.2. The van der Waals surface area contributed by atoms with Crippen LogP contribution in [0.5, 0.6) is 0 Å². The molecule has 6 nitrogen and oxygen atoms in total. The van der Waals surface area contributed by atoms with Crippen LogP contribution in [-0.2, 0) is 6.42 Å². The maximum absolute atomic E-state index is 12.0. The van der Waals surface area contributed by atoms with Gasteiger partial charge in [0.2, 0.25) is 10.1 Å². The lowest BCUT2D eigenvalue weighted by Gasteiger charge is -2.20. The Kier molecular flexibility index (Phi) is 4.19. The van der Waals surface area contributed by atoms with Gasteiger partial charge in [0.25, 0.3) is 5.56 Å². The Hall–Kier alpha value is -1.12. The van der Waals surface area contributed by atoms with E-state index in [1.54, 1.807) is 17.8 Å². The summed E-state index contributed by atoms with van der Waals surface area (Å²) in [6.45, 7) is 2.51. The average molecular weight is 326 g/mol. The summed E-state index contributed by atoms with van der Waals surface area (Å²) < 4.78 is 1.32. The van der Waals surface area contributed by atoms with Crippen molar-refractivity contribution in [2.45, 2.75) is 31.8 Å². The summed E-state index contributed by atoms with van der Waals surface area (Å²) in [4.78, 5) is 17.1. The summed E-state index contributed by atoms with van der Waals surface area (Å²) in [6, 6.07) is 1.54. The van der Waals surface area contributed by atoms with Crippen molar-refractivity contribution in [3.8, 4) is 0 Å². The van der Waals surface area contributed by atoms with Gasteiger partial charge in [-0.15, -0.1) is 5.10 Å². The summed E-state index contributed by atoms with van der Waals surface area (Å²) in [6.07, 6.45) is 2.54. The number of thioether (sulfide) groups is 1. The molecule has 0 spiro atoms. The monoisotopic (exact) mass is 326 g/mol. The number of aryl methyl sites for hydroxylation is 1. The van der Waals surface area contributed by atoms with Crippen molar-refractivity contribution in [3.05, 3.63) is 22.1 Å². The van der Waals surface area contributed by atoms with Crippen LogP contribution < -0.4 is 10.9 Å². The summed E-state index contributed by atoms with van der Waals surface area (Å²) >= 11 is 3.10. The number of fused-ring (bicyclic) bond motifs is 1. The lowest BCUT2D eigenvalue weighted by molar-refractivity contribution is 0.0820. The van der Waals surface area contributed by atoms with Crippen LogP contribution in [0.2, 0.25) is 0 Å². The minimum Gasteiger partial charge on any atom is -0.387 e. The predicted molar refractivity (Wildman–Crippen MR) is 86.5 cm³/mol. The number of nitrogens with one attached hydrogen (secondary N) is 1. The van der Waals surface area contributed by atoms with Gasteiger partial charge in [-0.25, -0.2) is 4.98 Å². The third kappa shape index (κ3) is 3.22. The normalized spacial score (nSPS) is 22.0. The SMILES string of the molecule is CCCc1cc(=O)n2nc(NCC3(O)CCSC3)sc2n1. The first-order valence-electron chi connectivity index (χ1n) is 7.03. The highest BCUT2D eigenvalue weighted by Crippen LogP contribution is 2.28. The smallest absolute Gasteiger partial charge is 0.275 e. The van der Waals surface area contributed by atoms with Crippen LogP contribution >= 0.6 is 23.1 Å². The molecule has 1 aliphatic rings. The molecule has 8 heteroatoms. The van der Waals surface area contributed by atoms with Gasteiger partial charge in [0, 0.05) is 24.1 Å². The number of nitrogens with zero attached hydrogens (tertiary/aromatic N) is 3. The summed E-state index contributed by atoms with van der Waals surface area (Å²) in [7, 11) is 0. The molecule has 3 heterocycles. The highest BCUT2D eigenvalue weighted by Gasteiger charge is 2.31. The van der Waals surface area contributed by atoms with Gasteiger partial charge in [0.15, 0.2) is 0 Å². The van der Waals surface area contributed by atoms with E-state index in [2.05, 4.69) is 22.3 Å². The Morgan fingerprint density at radius 2 is 2.43 bits per heavy atom. The molecule has 2 aromatic heterocycles. The zero-order valence-corrected chi connectivity index (χ0v) is 13.5. The van der Waals surface area contributed by atoms with Crippen LogP contribution in [0.1, 0.15) is 25.5 Å². The van der Waals surface area contributed by atoms with Crippen molar-refractivity contribution in [2.75, 3.05) is 23.4 Å². The van der Waals surface area contributed by atoms with E-state index in [0.717, 1.165) is 36.5 Å². The third-order valence-corrected chi connectivity index (χ3v) is 5.56. The number of hydrogen-bond acceptors (Lipinski definition) is 7. The first-order valence-corrected chi connectivity index (χ1v) is 9.00. The molecule has 1 unspecified atom stereocenters. The molecule has 0 bridgehead atoms. The molecular formula is C13H18N4O2S2. The van der Waals surface area contributed by atoms with Crippen molar-refractivity contribution < 1.29 is 5.11 Å². The molecule has 1 fully saturated rings. The van der Waals surface area contributed by atoms with E-state index in [9.17, 15) is 9.90 Å². The molecule has 2 N–H and O–H groups in total. The minimum atomic E-state index is -0.672. The molecule has 1 aliphatic heterocycles. The number of aliphatic hydroxyl groups is 1. The Bertz CT molecular complexity index is 691. The van der Waals surface area contributed by atoms with E-state index >= 15 is 0 Å². The third-order valence-electron chi connectivity index (χ3n) is 3.46. The summed E-state index contributed by atoms with van der Waals surface area (Å²) in [5, 5.41) is 18.3. The van der Waals surface area contributed by atoms with Crippen LogP contribution in [0.15, 0.2) is 10.9 Å². The largest absolute Gasteiger partial charge is 0.387 e. The molecule has 0 amide bonds. The van der Waals surface area contributed by atoms with Gasteiger partial charge >= 0.3 is 0 Å². The number of aromatic nitrogens is 3. The number of rotatable bonds is 5. The van der Waals surface area contributed by atoms with Crippen LogP contribution in [0, 0.1) is 0 Å². The van der Waals surface area contributed by atoms with E-state index in [-0.39, 0.29) is 5.56 Å². The van der Waals surface area contributed by atoms with Gasteiger partial charge in [0.05, 0.1) is 5.60 Å². The fourth-order valence-corrected chi connectivity index (χ4v) is 4.40. The standard InChI is InChI=1S/C13H18N4O2S2/c1-2-3-9-6-10(18)17-12(15-9)21-11(16-17)14-7-13(19)4-5-20-8-13/h6,19H,2-5,7-8H2,1H3,(H,14,16). The molecule has 0 radical (unpaired) electrons. The van der Waals surface area contributed by atoms with Crippen molar-refractivity contribution in [1.29, 1.82) is 0 Å². The van der Waals surface area contributed by atoms with Gasteiger partial charge < -0.3 is 10.4 Å². The lowest BCUT2D eigenvalue weighted by Crippen LogP contribution is -2.36. The fourth-order valence-electron chi connectivity index (χ4n) is 2.29. The number of hydrogen-bond donors (Lipinski definition) is 2. The molecule has 1 saturated heterocycles. The van der Waals surface area contributed by atoms with Gasteiger partial charge in [-0.1, -0.05) is 24.7 Å². The average Bonchev–Trinajstić information content (AvgIpc) is 3.04. The van der Waals surface area contributed by atoms with Crippen LogP contribution in [-0.4, -0.2) is 43.4 Å². The van der Waals surface area contributed by atoms with E-state index < -0.39 is 5.60 Å². The second-order valence-corrected chi connectivity index (χ2v) is 7.38. The molecule has 21 heavy (non-hydrogen) atoms. The van der Waals surface area contributed by atoms with Gasteiger partial charge in [-0.05, 0) is 18.6 Å². The van der Waals surface area contributed by atoms with Crippen LogP contribution in [0.4, 0.5) is 5.13 Å². The minimum absolute atomic E-state index is 0.150. The van der Waals surface area contributed by atoms with Gasteiger partial charge in [-0.2, -0.15) is 16.3 Å². The Morgan fingerprint density at radius 1 is 1.57 bits per heavy atom. The molecule has 114 valence electrons. The topological polar surface area (TPSA) is 79.5 Å². The van der Waals surface area contributed by atoms with Crippen molar-refractivity contribution in [2.24, 2.45) is 0 Å². The summed E-state index contributed by atoms with van der Waals surface area (Å²) in [5.74, 6) is 1.73. The van der Waals surface area contributed by atoms with E-state index in [1.807, 2.05) is 0 Å². The van der Waals surface area contributed by atoms with Crippen LogP contribution in [0.25, 0.3) is 4.96 Å². The molecule has 2 aromatic rings. The Labute approximate surface area is 130 Å². The zero-order chi connectivity index (χ0) is 14.9. The Morgan fingerprint density at radius 3 is 3.14 bits per heavy atom. The second-order valence-electron chi connectivity index (χ2n) is 5.32.